The third kappa shape index (κ3) is 1.94. The zero-order valence-electron chi connectivity index (χ0n) is 10.9. The Bertz CT molecular complexity index is 707. The van der Waals surface area contributed by atoms with E-state index in [1.807, 2.05) is 4.68 Å². The quantitative estimate of drug-likeness (QED) is 0.736. The number of thiophene rings is 1. The van der Waals surface area contributed by atoms with E-state index in [1.165, 1.54) is 6.42 Å². The molecule has 102 valence electrons. The summed E-state index contributed by atoms with van der Waals surface area (Å²) in [6.07, 6.45) is 7.38. The summed E-state index contributed by atoms with van der Waals surface area (Å²) < 4.78 is 1.90. The molecule has 0 aliphatic carbocycles. The van der Waals surface area contributed by atoms with Crippen molar-refractivity contribution in [1.82, 2.24) is 24.7 Å². The van der Waals surface area contributed by atoms with E-state index in [9.17, 15) is 0 Å². The highest BCUT2D eigenvalue weighted by atomic mass is 32.1. The van der Waals surface area contributed by atoms with E-state index in [2.05, 4.69) is 36.4 Å². The van der Waals surface area contributed by atoms with Crippen LogP contribution >= 0.6 is 11.3 Å². The van der Waals surface area contributed by atoms with Crippen LogP contribution in [0.4, 0.5) is 5.82 Å². The molecule has 0 spiro atoms. The van der Waals surface area contributed by atoms with Gasteiger partial charge in [-0.05, 0) is 24.3 Å². The molecular formula is C13H14N6S. The normalized spacial score (nSPS) is 19.0. The minimum Gasteiger partial charge on any atom is -0.351 e. The molecule has 0 N–H and O–H groups in total. The number of anilines is 1. The Labute approximate surface area is 120 Å². The van der Waals surface area contributed by atoms with Crippen LogP contribution in [0.5, 0.6) is 0 Å². The molecule has 0 bridgehead atoms. The summed E-state index contributed by atoms with van der Waals surface area (Å²) in [7, 11) is 0. The van der Waals surface area contributed by atoms with E-state index in [1.54, 1.807) is 30.3 Å². The van der Waals surface area contributed by atoms with E-state index < -0.39 is 0 Å². The highest BCUT2D eigenvalue weighted by Crippen LogP contribution is 2.31. The maximum Gasteiger partial charge on any atom is 0.141 e. The van der Waals surface area contributed by atoms with Crippen molar-refractivity contribution in [1.29, 1.82) is 0 Å². The molecule has 0 radical (unpaired) electrons. The molecule has 7 heteroatoms. The summed E-state index contributed by atoms with van der Waals surface area (Å²) in [5.41, 5.74) is 0. The Kier molecular flexibility index (Phi) is 2.84. The monoisotopic (exact) mass is 286 g/mol. The molecule has 0 aromatic carbocycles. The molecule has 4 rings (SSSR count). The van der Waals surface area contributed by atoms with Crippen molar-refractivity contribution in [2.75, 3.05) is 11.4 Å². The number of aromatic nitrogens is 5. The minimum absolute atomic E-state index is 0.426. The van der Waals surface area contributed by atoms with Gasteiger partial charge in [-0.3, -0.25) is 4.68 Å². The molecule has 4 heterocycles. The molecule has 1 aliphatic heterocycles. The molecule has 6 nitrogen and oxygen atoms in total. The molecule has 1 aliphatic rings. The third-order valence-electron chi connectivity index (χ3n) is 3.75. The van der Waals surface area contributed by atoms with Crippen LogP contribution in [0.1, 0.15) is 12.8 Å². The number of hydrogen-bond donors (Lipinski definition) is 0. The molecular weight excluding hydrogens is 272 g/mol. The molecule has 1 atom stereocenters. The molecule has 20 heavy (non-hydrogen) atoms. The Hall–Kier alpha value is -2.02. The molecule has 0 saturated carbocycles. The number of rotatable bonds is 3. The first-order valence-corrected chi connectivity index (χ1v) is 7.57. The second kappa shape index (κ2) is 4.82. The van der Waals surface area contributed by atoms with Crippen LogP contribution in [0.2, 0.25) is 0 Å². The largest absolute Gasteiger partial charge is 0.351 e. The SMILES string of the molecule is c1nc(N2CCCC2Cn2cncn2)c2ccsc2n1. The van der Waals surface area contributed by atoms with E-state index in [0.29, 0.717) is 6.04 Å². The van der Waals surface area contributed by atoms with Gasteiger partial charge in [0.2, 0.25) is 0 Å². The fraction of sp³-hybridized carbons (Fsp3) is 0.385. The van der Waals surface area contributed by atoms with Crippen LogP contribution in [0.3, 0.4) is 0 Å². The van der Waals surface area contributed by atoms with Gasteiger partial charge in [0, 0.05) is 6.54 Å². The van der Waals surface area contributed by atoms with E-state index in [0.717, 1.165) is 35.5 Å². The van der Waals surface area contributed by atoms with E-state index >= 15 is 0 Å². The Morgan fingerprint density at radius 1 is 1.30 bits per heavy atom. The van der Waals surface area contributed by atoms with E-state index in [-0.39, 0.29) is 0 Å². The standard InChI is InChI=1S/C13H14N6S/c1-2-10(6-18-9-14-7-17-18)19(4-1)12-11-3-5-20-13(11)16-8-15-12/h3,5,7-10H,1-2,4,6H2. The van der Waals surface area contributed by atoms with Crippen LogP contribution in [-0.4, -0.2) is 37.3 Å². The highest BCUT2D eigenvalue weighted by molar-refractivity contribution is 7.16. The van der Waals surface area contributed by atoms with Crippen molar-refractivity contribution in [2.45, 2.75) is 25.4 Å². The van der Waals surface area contributed by atoms with Gasteiger partial charge < -0.3 is 4.90 Å². The van der Waals surface area contributed by atoms with Gasteiger partial charge >= 0.3 is 0 Å². The summed E-state index contributed by atoms with van der Waals surface area (Å²) in [5.74, 6) is 1.05. The second-order valence-corrected chi connectivity index (χ2v) is 5.84. The summed E-state index contributed by atoms with van der Waals surface area (Å²) in [4.78, 5) is 16.3. The van der Waals surface area contributed by atoms with Crippen LogP contribution in [0.15, 0.2) is 30.4 Å². The minimum atomic E-state index is 0.426. The lowest BCUT2D eigenvalue weighted by atomic mass is 10.2. The number of hydrogen-bond acceptors (Lipinski definition) is 6. The maximum atomic E-state index is 4.52. The molecule has 1 fully saturated rings. The zero-order chi connectivity index (χ0) is 13.4. The van der Waals surface area contributed by atoms with Gasteiger partial charge in [-0.1, -0.05) is 0 Å². The molecule has 1 saturated heterocycles. The van der Waals surface area contributed by atoms with Gasteiger partial charge in [-0.25, -0.2) is 15.0 Å². The summed E-state index contributed by atoms with van der Waals surface area (Å²) in [6.45, 7) is 1.90. The van der Waals surface area contributed by atoms with Gasteiger partial charge in [0.15, 0.2) is 0 Å². The second-order valence-electron chi connectivity index (χ2n) is 4.94. The topological polar surface area (TPSA) is 59.7 Å². The average Bonchev–Trinajstić information content (AvgIpc) is 3.19. The summed E-state index contributed by atoms with van der Waals surface area (Å²) >= 11 is 1.66. The first-order valence-electron chi connectivity index (χ1n) is 6.69. The predicted octanol–water partition coefficient (Wildman–Crippen LogP) is 1.95. The predicted molar refractivity (Wildman–Crippen MR) is 77.8 cm³/mol. The lowest BCUT2D eigenvalue weighted by Gasteiger charge is -2.25. The van der Waals surface area contributed by atoms with Gasteiger partial charge in [0.1, 0.15) is 29.6 Å². The first-order chi connectivity index (χ1) is 9.92. The molecule has 3 aromatic heterocycles. The fourth-order valence-corrected chi connectivity index (χ4v) is 3.58. The van der Waals surface area contributed by atoms with Crippen molar-refractivity contribution in [3.8, 4) is 0 Å². The number of nitrogens with zero attached hydrogens (tertiary/aromatic N) is 6. The summed E-state index contributed by atoms with van der Waals surface area (Å²) in [5, 5.41) is 7.44. The van der Waals surface area contributed by atoms with Crippen molar-refractivity contribution in [3.63, 3.8) is 0 Å². The van der Waals surface area contributed by atoms with Gasteiger partial charge in [0.05, 0.1) is 18.0 Å². The molecule has 3 aromatic rings. The fourth-order valence-electron chi connectivity index (χ4n) is 2.85. The zero-order valence-corrected chi connectivity index (χ0v) is 11.7. The Balaban J connectivity index is 1.68. The van der Waals surface area contributed by atoms with Crippen molar-refractivity contribution in [3.05, 3.63) is 30.4 Å². The van der Waals surface area contributed by atoms with Gasteiger partial charge in [-0.15, -0.1) is 11.3 Å². The van der Waals surface area contributed by atoms with Crippen molar-refractivity contribution < 1.29 is 0 Å². The van der Waals surface area contributed by atoms with E-state index in [4.69, 9.17) is 0 Å². The molecule has 0 amide bonds. The summed E-state index contributed by atoms with van der Waals surface area (Å²) in [6, 6.07) is 2.54. The van der Waals surface area contributed by atoms with Crippen LogP contribution < -0.4 is 4.90 Å². The highest BCUT2D eigenvalue weighted by Gasteiger charge is 2.27. The van der Waals surface area contributed by atoms with Gasteiger partial charge in [0.25, 0.3) is 0 Å². The van der Waals surface area contributed by atoms with Crippen LogP contribution in [0.25, 0.3) is 10.2 Å². The maximum absolute atomic E-state index is 4.52. The van der Waals surface area contributed by atoms with Crippen molar-refractivity contribution in [2.24, 2.45) is 0 Å². The van der Waals surface area contributed by atoms with Crippen LogP contribution in [0, 0.1) is 0 Å². The Morgan fingerprint density at radius 3 is 3.20 bits per heavy atom. The Morgan fingerprint density at radius 2 is 2.30 bits per heavy atom. The first kappa shape index (κ1) is 11.8. The smallest absolute Gasteiger partial charge is 0.141 e. The lowest BCUT2D eigenvalue weighted by molar-refractivity contribution is 0.507. The molecule has 1 unspecified atom stereocenters. The average molecular weight is 286 g/mol. The van der Waals surface area contributed by atoms with Crippen molar-refractivity contribution >= 4 is 27.4 Å². The lowest BCUT2D eigenvalue weighted by Crippen LogP contribution is -2.33. The van der Waals surface area contributed by atoms with Gasteiger partial charge in [-0.2, -0.15) is 5.10 Å². The number of fused-ring (bicyclic) bond motifs is 1. The van der Waals surface area contributed by atoms with Crippen LogP contribution in [-0.2, 0) is 6.54 Å². The third-order valence-corrected chi connectivity index (χ3v) is 4.58.